The number of hydrogen-bond donors (Lipinski definition) is 3. The van der Waals surface area contributed by atoms with Crippen LogP contribution in [-0.4, -0.2) is 79.3 Å². The molecule has 0 unspecified atom stereocenters. The van der Waals surface area contributed by atoms with Gasteiger partial charge < -0.3 is 25.8 Å². The van der Waals surface area contributed by atoms with E-state index in [0.717, 1.165) is 52.4 Å². The Kier molecular flexibility index (Phi) is 9.23. The number of rotatable bonds is 5. The number of hydrogen-bond acceptors (Lipinski definition) is 9. The number of aromatic nitrogens is 4. The van der Waals surface area contributed by atoms with Crippen LogP contribution in [0.1, 0.15) is 17.7 Å². The van der Waals surface area contributed by atoms with Gasteiger partial charge in [-0.25, -0.2) is 19.9 Å². The number of anilines is 2. The summed E-state index contributed by atoms with van der Waals surface area (Å²) in [6.07, 6.45) is 0. The highest BCUT2D eigenvalue weighted by molar-refractivity contribution is 6.43. The van der Waals surface area contributed by atoms with E-state index in [4.69, 9.17) is 56.4 Å². The van der Waals surface area contributed by atoms with Gasteiger partial charge in [0.2, 0.25) is 0 Å². The molecule has 0 aliphatic carbocycles. The minimum absolute atomic E-state index is 0. The zero-order valence-corrected chi connectivity index (χ0v) is 21.2. The summed E-state index contributed by atoms with van der Waals surface area (Å²) in [7, 11) is 1.78. The van der Waals surface area contributed by atoms with Crippen LogP contribution < -0.4 is 25.8 Å². The second kappa shape index (κ2) is 11.5. The summed E-state index contributed by atoms with van der Waals surface area (Å²) in [4.78, 5) is 22.4. The highest BCUT2D eigenvalue weighted by Crippen LogP contribution is 2.34. The Morgan fingerprint density at radius 3 is 1.44 bits per heavy atom. The molecule has 2 aliphatic heterocycles. The van der Waals surface area contributed by atoms with Crippen molar-refractivity contribution in [3.8, 4) is 0 Å². The molecule has 2 aliphatic rings. The number of nitrogens with zero attached hydrogens (tertiary/aromatic N) is 6. The fourth-order valence-electron chi connectivity index (χ4n) is 3.65. The topological polar surface area (TPSA) is 94.1 Å². The third-order valence-corrected chi connectivity index (χ3v) is 6.70. The molecule has 3 N–H and O–H groups in total. The third-order valence-electron chi connectivity index (χ3n) is 5.26. The van der Waals surface area contributed by atoms with Gasteiger partial charge in [-0.05, 0) is 7.05 Å². The molecule has 0 amide bonds. The third kappa shape index (κ3) is 5.42. The molecule has 2 aromatic rings. The summed E-state index contributed by atoms with van der Waals surface area (Å²) in [5.41, 5.74) is 0. The molecule has 4 heterocycles. The first-order valence-corrected chi connectivity index (χ1v) is 11.5. The SMILES string of the molecule is CNC(c1nc(Cl)c(Cl)c(N2CCNCC2)n1)c1nc(Cl)c(Cl)c(N2CCNCC2)n1.Cl. The van der Waals surface area contributed by atoms with Crippen LogP contribution in [0.25, 0.3) is 0 Å². The zero-order chi connectivity index (χ0) is 22.0. The van der Waals surface area contributed by atoms with Gasteiger partial charge in [0.25, 0.3) is 0 Å². The van der Waals surface area contributed by atoms with Crippen molar-refractivity contribution in [2.75, 3.05) is 69.2 Å². The van der Waals surface area contributed by atoms with E-state index < -0.39 is 6.04 Å². The van der Waals surface area contributed by atoms with E-state index in [1.807, 2.05) is 0 Å². The molecule has 2 fully saturated rings. The van der Waals surface area contributed by atoms with Crippen molar-refractivity contribution in [3.63, 3.8) is 0 Å². The molecular weight excluding hydrogens is 520 g/mol. The lowest BCUT2D eigenvalue weighted by Gasteiger charge is -2.30. The molecule has 0 radical (unpaired) electrons. The van der Waals surface area contributed by atoms with Crippen molar-refractivity contribution < 1.29 is 0 Å². The molecule has 176 valence electrons. The predicted octanol–water partition coefficient (Wildman–Crippen LogP) is 2.43. The van der Waals surface area contributed by atoms with Crippen molar-refractivity contribution in [3.05, 3.63) is 32.0 Å². The average molecular weight is 544 g/mol. The van der Waals surface area contributed by atoms with Crippen LogP contribution in [0.15, 0.2) is 0 Å². The molecule has 0 bridgehead atoms. The minimum atomic E-state index is -0.548. The van der Waals surface area contributed by atoms with Crippen LogP contribution in [0, 0.1) is 0 Å². The lowest BCUT2D eigenvalue weighted by Crippen LogP contribution is -2.44. The normalized spacial score (nSPS) is 16.9. The Bertz CT molecular complexity index is 862. The van der Waals surface area contributed by atoms with Gasteiger partial charge in [-0.3, -0.25) is 0 Å². The quantitative estimate of drug-likeness (QED) is 0.492. The van der Waals surface area contributed by atoms with E-state index in [1.54, 1.807) is 7.05 Å². The Morgan fingerprint density at radius 1 is 0.719 bits per heavy atom. The van der Waals surface area contributed by atoms with Gasteiger partial charge in [-0.15, -0.1) is 12.4 Å². The maximum atomic E-state index is 6.44. The Labute approximate surface area is 213 Å². The van der Waals surface area contributed by atoms with Crippen LogP contribution in [0.2, 0.25) is 20.4 Å². The summed E-state index contributed by atoms with van der Waals surface area (Å²) in [5, 5.41) is 10.8. The van der Waals surface area contributed by atoms with E-state index in [1.165, 1.54) is 0 Å². The summed E-state index contributed by atoms with van der Waals surface area (Å²) >= 11 is 25.6. The molecular formula is C18H24Cl5N9. The first kappa shape index (κ1) is 25.7. The van der Waals surface area contributed by atoms with Gasteiger partial charge >= 0.3 is 0 Å². The highest BCUT2D eigenvalue weighted by Gasteiger charge is 2.27. The Hall–Kier alpha value is -0.910. The van der Waals surface area contributed by atoms with Gasteiger partial charge in [0.1, 0.15) is 16.1 Å². The molecule has 0 aromatic carbocycles. The first-order chi connectivity index (χ1) is 15.0. The Morgan fingerprint density at radius 2 is 1.09 bits per heavy atom. The molecule has 0 saturated carbocycles. The number of halogens is 5. The number of piperazine rings is 2. The summed E-state index contributed by atoms with van der Waals surface area (Å²) in [5.74, 6) is 2.02. The van der Waals surface area contributed by atoms with Crippen LogP contribution in [0.4, 0.5) is 11.6 Å². The fraction of sp³-hybridized carbons (Fsp3) is 0.556. The molecule has 2 saturated heterocycles. The van der Waals surface area contributed by atoms with Crippen molar-refractivity contribution in [2.45, 2.75) is 6.04 Å². The summed E-state index contributed by atoms with van der Waals surface area (Å²) < 4.78 is 0. The van der Waals surface area contributed by atoms with Crippen molar-refractivity contribution in [2.24, 2.45) is 0 Å². The average Bonchev–Trinajstić information content (AvgIpc) is 2.80. The van der Waals surface area contributed by atoms with Gasteiger partial charge in [0.05, 0.1) is 0 Å². The van der Waals surface area contributed by atoms with Crippen LogP contribution in [-0.2, 0) is 0 Å². The summed E-state index contributed by atoms with van der Waals surface area (Å²) in [6, 6.07) is -0.548. The lowest BCUT2D eigenvalue weighted by molar-refractivity contribution is 0.569. The predicted molar refractivity (Wildman–Crippen MR) is 132 cm³/mol. The maximum Gasteiger partial charge on any atom is 0.157 e. The van der Waals surface area contributed by atoms with E-state index in [0.29, 0.717) is 33.3 Å². The molecule has 9 nitrogen and oxygen atoms in total. The molecule has 0 spiro atoms. The standard InChI is InChI=1S/C18H23Cl4N9.ClH/c1-23-12(15-26-13(21)10(19)17(28-15)30-6-2-24-3-7-30)16-27-14(22)11(20)18(29-16)31-8-4-25-5-9-31;/h12,23-25H,2-9H2,1H3;1H. The smallest absolute Gasteiger partial charge is 0.157 e. The molecule has 4 rings (SSSR count). The highest BCUT2D eigenvalue weighted by atomic mass is 35.5. The van der Waals surface area contributed by atoms with Crippen molar-refractivity contribution >= 4 is 70.4 Å². The lowest BCUT2D eigenvalue weighted by atomic mass is 10.2. The van der Waals surface area contributed by atoms with Gasteiger partial charge in [0, 0.05) is 52.4 Å². The maximum absolute atomic E-state index is 6.44. The molecule has 0 atom stereocenters. The minimum Gasteiger partial charge on any atom is -0.353 e. The van der Waals surface area contributed by atoms with E-state index >= 15 is 0 Å². The zero-order valence-electron chi connectivity index (χ0n) is 17.3. The second-order valence-electron chi connectivity index (χ2n) is 7.22. The van der Waals surface area contributed by atoms with Gasteiger partial charge in [0.15, 0.2) is 33.6 Å². The number of nitrogens with one attached hydrogen (secondary N) is 3. The van der Waals surface area contributed by atoms with Gasteiger partial charge in [-0.2, -0.15) is 0 Å². The molecule has 2 aromatic heterocycles. The largest absolute Gasteiger partial charge is 0.353 e. The van der Waals surface area contributed by atoms with Crippen LogP contribution in [0.5, 0.6) is 0 Å². The van der Waals surface area contributed by atoms with Crippen molar-refractivity contribution in [1.29, 1.82) is 0 Å². The van der Waals surface area contributed by atoms with Crippen LogP contribution >= 0.6 is 58.8 Å². The first-order valence-electron chi connectivity index (χ1n) is 10.0. The van der Waals surface area contributed by atoms with Crippen molar-refractivity contribution in [1.82, 2.24) is 35.9 Å². The van der Waals surface area contributed by atoms with E-state index in [-0.39, 0.29) is 22.7 Å². The molecule has 14 heteroatoms. The van der Waals surface area contributed by atoms with Gasteiger partial charge in [-0.1, -0.05) is 46.4 Å². The molecule has 32 heavy (non-hydrogen) atoms. The fourth-order valence-corrected chi connectivity index (χ4v) is 4.40. The monoisotopic (exact) mass is 541 g/mol. The second-order valence-corrected chi connectivity index (χ2v) is 8.69. The van der Waals surface area contributed by atoms with E-state index in [9.17, 15) is 0 Å². The van der Waals surface area contributed by atoms with Crippen LogP contribution in [0.3, 0.4) is 0 Å². The van der Waals surface area contributed by atoms with E-state index in [2.05, 4.69) is 35.7 Å². The Balaban J connectivity index is 0.00000289. The summed E-state index contributed by atoms with van der Waals surface area (Å²) in [6.45, 7) is 6.44.